The zero-order chi connectivity index (χ0) is 33.0. The van der Waals surface area contributed by atoms with Gasteiger partial charge in [-0.3, -0.25) is 14.4 Å². The molecule has 41 heavy (non-hydrogen) atoms. The number of Topliss-reactive ketones (excluding diaryl/α,β-unsaturated/α-hetero) is 2. The van der Waals surface area contributed by atoms with Crippen LogP contribution in [0.4, 0.5) is 4.79 Å². The topological polar surface area (TPSA) is 137 Å². The number of carbonyl (C=O) groups is 5. The van der Waals surface area contributed by atoms with Gasteiger partial charge in [-0.1, -0.05) is 54.0 Å². The highest BCUT2D eigenvalue weighted by Gasteiger charge is 2.34. The fourth-order valence-electron chi connectivity index (χ4n) is 2.63. The average Bonchev–Trinajstić information content (AvgIpc) is 2.91. The number of rotatable bonds is 13. The van der Waals surface area contributed by atoms with Crippen LogP contribution in [-0.2, 0) is 19.2 Å². The number of terminal acetylenes is 1. The minimum atomic E-state index is -0.588. The molecule has 0 rings (SSSR count). The highest BCUT2D eigenvalue weighted by atomic mass is 16.2. The Morgan fingerprint density at radius 1 is 1.05 bits per heavy atom. The van der Waals surface area contributed by atoms with Crippen LogP contribution in [0.2, 0.25) is 0 Å². The maximum atomic E-state index is 12.5. The van der Waals surface area contributed by atoms with Gasteiger partial charge in [-0.05, 0) is 45.6 Å². The fraction of sp³-hybridized carbons (Fsp3) is 0.710. The van der Waals surface area contributed by atoms with Gasteiger partial charge in [0.1, 0.15) is 11.8 Å². The van der Waals surface area contributed by atoms with Gasteiger partial charge in [0.15, 0.2) is 0 Å². The first-order valence-corrected chi connectivity index (χ1v) is 14.3. The zero-order valence-electron chi connectivity index (χ0n) is 27.7. The summed E-state index contributed by atoms with van der Waals surface area (Å²) in [5, 5.41) is 10.3. The number of urea groups is 1. The summed E-state index contributed by atoms with van der Waals surface area (Å²) in [4.78, 5) is 58.5. The van der Waals surface area contributed by atoms with Gasteiger partial charge in [0, 0.05) is 40.0 Å². The second-order valence-corrected chi connectivity index (χ2v) is 10.5. The van der Waals surface area contributed by atoms with Gasteiger partial charge in [-0.2, -0.15) is 0 Å². The van der Waals surface area contributed by atoms with Crippen LogP contribution in [-0.4, -0.2) is 80.6 Å². The highest BCUT2D eigenvalue weighted by molar-refractivity contribution is 6.38. The molecule has 2 atom stereocenters. The Morgan fingerprint density at radius 3 is 1.93 bits per heavy atom. The number of unbranched alkanes of at least 4 members (excludes halogenated alkanes) is 2. The summed E-state index contributed by atoms with van der Waals surface area (Å²) in [6.45, 7) is 19.6. The highest BCUT2D eigenvalue weighted by Crippen LogP contribution is 2.21. The van der Waals surface area contributed by atoms with E-state index in [4.69, 9.17) is 6.42 Å². The van der Waals surface area contributed by atoms with Crippen LogP contribution in [0.25, 0.3) is 0 Å². The number of amides is 4. The molecule has 4 amide bonds. The van der Waals surface area contributed by atoms with E-state index in [9.17, 15) is 24.0 Å². The summed E-state index contributed by atoms with van der Waals surface area (Å²) in [5.41, 5.74) is -0.378. The molecule has 0 saturated carbocycles. The van der Waals surface area contributed by atoms with E-state index in [1.54, 1.807) is 32.8 Å². The first-order chi connectivity index (χ1) is 19.0. The normalized spacial score (nSPS) is 11.1. The lowest BCUT2D eigenvalue weighted by Gasteiger charge is -2.33. The molecule has 10 nitrogen and oxygen atoms in total. The van der Waals surface area contributed by atoms with Crippen molar-refractivity contribution in [2.24, 2.45) is 5.41 Å². The van der Waals surface area contributed by atoms with Crippen molar-refractivity contribution in [2.45, 2.75) is 106 Å². The Morgan fingerprint density at radius 2 is 1.59 bits per heavy atom. The van der Waals surface area contributed by atoms with Crippen molar-refractivity contribution >= 4 is 29.4 Å². The Kier molecular flexibility index (Phi) is 31.0. The maximum Gasteiger partial charge on any atom is 0.315 e. The summed E-state index contributed by atoms with van der Waals surface area (Å²) < 4.78 is 0. The van der Waals surface area contributed by atoms with E-state index in [1.165, 1.54) is 19.5 Å². The van der Waals surface area contributed by atoms with E-state index in [2.05, 4.69) is 54.5 Å². The lowest BCUT2D eigenvalue weighted by atomic mass is 9.86. The molecular weight excluding hydrogens is 522 g/mol. The van der Waals surface area contributed by atoms with Crippen molar-refractivity contribution < 1.29 is 24.0 Å². The molecule has 0 aliphatic rings. The molecule has 2 unspecified atom stereocenters. The van der Waals surface area contributed by atoms with E-state index in [1.807, 2.05) is 20.8 Å². The van der Waals surface area contributed by atoms with Crippen molar-refractivity contribution in [2.75, 3.05) is 34.2 Å². The lowest BCUT2D eigenvalue weighted by molar-refractivity contribution is -0.138. The molecule has 0 fully saturated rings. The molecule has 0 aromatic carbocycles. The standard InChI is InChI=1S/C15H29N3O3.C8H14N2O2.C5H8.C3H8/c1-11(19)9-7-8-10-18(6)13(20)12(15(2,3)4)17-14(21)16-5;1-4-5-10-8(12)7(11)6(2)9-3;1-3-5-4-2;1-3-2/h12H,7-10H2,1-6H3,(H2,16,17,21);4,6,9H,1,5H2,2-3H3,(H,10,12);1H,4-5H2,2H3;3H2,1-2H3. The van der Waals surface area contributed by atoms with Crippen molar-refractivity contribution in [3.05, 3.63) is 12.7 Å². The minimum absolute atomic E-state index is 0.117. The monoisotopic (exact) mass is 581 g/mol. The van der Waals surface area contributed by atoms with Gasteiger partial charge in [-0.15, -0.1) is 18.9 Å². The number of carbonyl (C=O) groups excluding carboxylic acids is 5. The van der Waals surface area contributed by atoms with Gasteiger partial charge in [0.25, 0.3) is 5.91 Å². The fourth-order valence-corrected chi connectivity index (χ4v) is 2.63. The van der Waals surface area contributed by atoms with Crippen molar-refractivity contribution in [3.8, 4) is 12.3 Å². The van der Waals surface area contributed by atoms with Crippen molar-refractivity contribution in [1.29, 1.82) is 0 Å². The quantitative estimate of drug-likeness (QED) is 0.113. The van der Waals surface area contributed by atoms with E-state index in [-0.39, 0.29) is 23.1 Å². The van der Waals surface area contributed by atoms with Gasteiger partial charge in [-0.25, -0.2) is 4.79 Å². The van der Waals surface area contributed by atoms with E-state index in [0.29, 0.717) is 19.5 Å². The molecule has 238 valence electrons. The number of nitrogens with zero attached hydrogens (tertiary/aromatic N) is 1. The van der Waals surface area contributed by atoms with Crippen LogP contribution in [0.3, 0.4) is 0 Å². The number of nitrogens with one attached hydrogen (secondary N) is 4. The predicted octanol–water partition coefficient (Wildman–Crippen LogP) is 3.85. The van der Waals surface area contributed by atoms with Crippen LogP contribution in [0, 0.1) is 17.8 Å². The number of hydrogen-bond acceptors (Lipinski definition) is 6. The van der Waals surface area contributed by atoms with Crippen LogP contribution in [0.1, 0.15) is 93.9 Å². The largest absolute Gasteiger partial charge is 0.346 e. The molecule has 0 spiro atoms. The van der Waals surface area contributed by atoms with E-state index < -0.39 is 23.8 Å². The van der Waals surface area contributed by atoms with Crippen LogP contribution >= 0.6 is 0 Å². The third-order valence-corrected chi connectivity index (χ3v) is 5.12. The maximum absolute atomic E-state index is 12.5. The molecule has 0 heterocycles. The van der Waals surface area contributed by atoms with Crippen LogP contribution in [0.15, 0.2) is 12.7 Å². The summed E-state index contributed by atoms with van der Waals surface area (Å²) in [6, 6.07) is -1.39. The number of hydrogen-bond donors (Lipinski definition) is 4. The Bertz CT molecular complexity index is 800. The number of likely N-dealkylation sites (N-methyl/N-ethyl adjacent to an activating group) is 2. The third-order valence-electron chi connectivity index (χ3n) is 5.12. The summed E-state index contributed by atoms with van der Waals surface area (Å²) in [5.74, 6) is 1.53. The predicted molar refractivity (Wildman–Crippen MR) is 169 cm³/mol. The second kappa shape index (κ2) is 28.3. The molecule has 0 aliphatic carbocycles. The van der Waals surface area contributed by atoms with Gasteiger partial charge in [0.05, 0.1) is 6.04 Å². The molecular formula is C31H59N5O5. The second-order valence-electron chi connectivity index (χ2n) is 10.5. The molecule has 4 N–H and O–H groups in total. The third kappa shape index (κ3) is 28.1. The minimum Gasteiger partial charge on any atom is -0.346 e. The lowest BCUT2D eigenvalue weighted by Crippen LogP contribution is -2.55. The Hall–Kier alpha value is -3.19. The molecule has 0 saturated heterocycles. The molecule has 0 radical (unpaired) electrons. The summed E-state index contributed by atoms with van der Waals surface area (Å²) in [7, 11) is 4.87. The first-order valence-electron chi connectivity index (χ1n) is 14.3. The van der Waals surface area contributed by atoms with Crippen molar-refractivity contribution in [3.63, 3.8) is 0 Å². The zero-order valence-corrected chi connectivity index (χ0v) is 27.7. The molecule has 10 heteroatoms. The van der Waals surface area contributed by atoms with Crippen molar-refractivity contribution in [1.82, 2.24) is 26.2 Å². The first kappa shape index (κ1) is 44.8. The molecule has 0 bridgehead atoms. The van der Waals surface area contributed by atoms with Crippen LogP contribution < -0.4 is 21.3 Å². The molecule has 0 aliphatic heterocycles. The van der Waals surface area contributed by atoms with Gasteiger partial charge in [0.2, 0.25) is 11.7 Å². The van der Waals surface area contributed by atoms with Gasteiger partial charge >= 0.3 is 6.03 Å². The Labute approximate surface area is 250 Å². The number of ketones is 2. The van der Waals surface area contributed by atoms with Crippen LogP contribution in [0.5, 0.6) is 0 Å². The summed E-state index contributed by atoms with van der Waals surface area (Å²) >= 11 is 0. The average molecular weight is 582 g/mol. The smallest absolute Gasteiger partial charge is 0.315 e. The van der Waals surface area contributed by atoms with E-state index >= 15 is 0 Å². The van der Waals surface area contributed by atoms with Gasteiger partial charge < -0.3 is 31.0 Å². The van der Waals surface area contributed by atoms with E-state index in [0.717, 1.165) is 25.7 Å². The summed E-state index contributed by atoms with van der Waals surface area (Å²) in [6.07, 6.45) is 11.8. The molecule has 0 aromatic heterocycles. The molecule has 0 aromatic rings. The SMILES string of the molecule is C#CCCC.C=CCNC(=O)C(=O)C(C)NC.CCC.CNC(=O)NC(C(=O)N(C)CCCCC(C)=O)C(C)(C)C. The Balaban J connectivity index is -0.000000285.